The quantitative estimate of drug-likeness (QED) is 0.769. The largest absolute Gasteiger partial charge is 0.497 e. The fraction of sp³-hybridized carbons (Fsp3) is 0.417. The first-order valence-electron chi connectivity index (χ1n) is 5.28. The molecule has 1 aromatic carbocycles. The first-order chi connectivity index (χ1) is 7.72. The van der Waals surface area contributed by atoms with Crippen LogP contribution in [0.4, 0.5) is 11.4 Å². The zero-order chi connectivity index (χ0) is 12.0. The summed E-state index contributed by atoms with van der Waals surface area (Å²) >= 11 is 0. The lowest BCUT2D eigenvalue weighted by Gasteiger charge is -2.23. The van der Waals surface area contributed by atoms with Gasteiger partial charge in [-0.25, -0.2) is 0 Å². The second-order valence-electron chi connectivity index (χ2n) is 3.41. The fourth-order valence-electron chi connectivity index (χ4n) is 1.56. The highest BCUT2D eigenvalue weighted by Crippen LogP contribution is 2.28. The van der Waals surface area contributed by atoms with Gasteiger partial charge < -0.3 is 15.4 Å². The number of anilines is 2. The minimum Gasteiger partial charge on any atom is -0.497 e. The summed E-state index contributed by atoms with van der Waals surface area (Å²) in [7, 11) is 1.63. The van der Waals surface area contributed by atoms with Gasteiger partial charge in [-0.15, -0.1) is 0 Å². The van der Waals surface area contributed by atoms with Gasteiger partial charge in [0, 0.05) is 19.2 Å². The highest BCUT2D eigenvalue weighted by atomic mass is 16.5. The van der Waals surface area contributed by atoms with E-state index in [0.717, 1.165) is 18.0 Å². The molecule has 0 amide bonds. The van der Waals surface area contributed by atoms with Crippen LogP contribution in [0.15, 0.2) is 18.2 Å². The second-order valence-corrected chi connectivity index (χ2v) is 3.41. The Morgan fingerprint density at radius 3 is 2.81 bits per heavy atom. The highest BCUT2D eigenvalue weighted by molar-refractivity contribution is 5.69. The van der Waals surface area contributed by atoms with Crippen molar-refractivity contribution in [1.82, 2.24) is 0 Å². The zero-order valence-corrected chi connectivity index (χ0v) is 9.73. The van der Waals surface area contributed by atoms with Gasteiger partial charge in [-0.2, -0.15) is 5.26 Å². The number of nitrogens with zero attached hydrogens (tertiary/aromatic N) is 2. The molecule has 0 saturated heterocycles. The van der Waals surface area contributed by atoms with Gasteiger partial charge in [0.2, 0.25) is 0 Å². The molecule has 0 aromatic heterocycles. The van der Waals surface area contributed by atoms with Crippen LogP contribution < -0.4 is 15.4 Å². The molecule has 0 fully saturated rings. The number of nitrogens with two attached hydrogens (primary N) is 1. The van der Waals surface area contributed by atoms with Crippen molar-refractivity contribution < 1.29 is 4.74 Å². The van der Waals surface area contributed by atoms with E-state index < -0.39 is 0 Å². The van der Waals surface area contributed by atoms with Crippen LogP contribution in [0.25, 0.3) is 0 Å². The van der Waals surface area contributed by atoms with Gasteiger partial charge in [0.1, 0.15) is 5.75 Å². The Morgan fingerprint density at radius 1 is 1.50 bits per heavy atom. The molecular weight excluding hydrogens is 202 g/mol. The predicted molar refractivity (Wildman–Crippen MR) is 65.5 cm³/mol. The zero-order valence-electron chi connectivity index (χ0n) is 9.73. The van der Waals surface area contributed by atoms with Crippen molar-refractivity contribution in [2.24, 2.45) is 0 Å². The van der Waals surface area contributed by atoms with E-state index in [1.165, 1.54) is 0 Å². The van der Waals surface area contributed by atoms with Gasteiger partial charge in [-0.3, -0.25) is 0 Å². The number of ether oxygens (including phenoxy) is 1. The highest BCUT2D eigenvalue weighted by Gasteiger charge is 2.08. The standard InChI is InChI=1S/C12H17N3O/c1-3-15(8-4-7-13)12-9-10(16-2)5-6-11(12)14/h5-6,9H,3-4,8,14H2,1-2H3. The summed E-state index contributed by atoms with van der Waals surface area (Å²) in [5.41, 5.74) is 7.55. The Labute approximate surface area is 96.2 Å². The van der Waals surface area contributed by atoms with Crippen LogP contribution >= 0.6 is 0 Å². The second kappa shape index (κ2) is 5.86. The minimum absolute atomic E-state index is 0.491. The maximum atomic E-state index is 8.60. The van der Waals surface area contributed by atoms with Gasteiger partial charge in [-0.1, -0.05) is 0 Å². The van der Waals surface area contributed by atoms with Crippen molar-refractivity contribution >= 4 is 11.4 Å². The van der Waals surface area contributed by atoms with Crippen LogP contribution in [0, 0.1) is 11.3 Å². The molecular formula is C12H17N3O. The molecule has 16 heavy (non-hydrogen) atoms. The average molecular weight is 219 g/mol. The molecule has 0 atom stereocenters. The monoisotopic (exact) mass is 219 g/mol. The first kappa shape index (κ1) is 12.2. The Balaban J connectivity index is 2.94. The van der Waals surface area contributed by atoms with E-state index in [-0.39, 0.29) is 0 Å². The molecule has 0 aliphatic rings. The molecule has 0 saturated carbocycles. The van der Waals surface area contributed by atoms with E-state index in [1.807, 2.05) is 25.1 Å². The Bertz CT molecular complexity index is 384. The summed E-state index contributed by atoms with van der Waals surface area (Å²) < 4.78 is 5.16. The summed E-state index contributed by atoms with van der Waals surface area (Å²) in [6.07, 6.45) is 0.491. The van der Waals surface area contributed by atoms with Crippen LogP contribution in [0.1, 0.15) is 13.3 Å². The Hall–Kier alpha value is -1.89. The lowest BCUT2D eigenvalue weighted by molar-refractivity contribution is 0.415. The van der Waals surface area contributed by atoms with Crippen LogP contribution in [0.5, 0.6) is 5.75 Å². The summed E-state index contributed by atoms with van der Waals surface area (Å²) in [6.45, 7) is 3.54. The molecule has 0 aliphatic heterocycles. The summed E-state index contributed by atoms with van der Waals surface area (Å²) in [5, 5.41) is 8.60. The fourth-order valence-corrected chi connectivity index (χ4v) is 1.56. The molecule has 0 aliphatic carbocycles. The summed E-state index contributed by atoms with van der Waals surface area (Å²) in [5.74, 6) is 0.777. The maximum Gasteiger partial charge on any atom is 0.121 e. The van der Waals surface area contributed by atoms with Crippen molar-refractivity contribution in [3.8, 4) is 11.8 Å². The number of benzene rings is 1. The van der Waals surface area contributed by atoms with E-state index in [9.17, 15) is 0 Å². The lowest BCUT2D eigenvalue weighted by Crippen LogP contribution is -2.24. The topological polar surface area (TPSA) is 62.3 Å². The Morgan fingerprint density at radius 2 is 2.25 bits per heavy atom. The van der Waals surface area contributed by atoms with Gasteiger partial charge in [-0.05, 0) is 19.1 Å². The predicted octanol–water partition coefficient (Wildman–Crippen LogP) is 2.02. The van der Waals surface area contributed by atoms with Gasteiger partial charge in [0.25, 0.3) is 0 Å². The maximum absolute atomic E-state index is 8.60. The Kier molecular flexibility index (Phi) is 4.46. The minimum atomic E-state index is 0.491. The van der Waals surface area contributed by atoms with Gasteiger partial charge in [0.05, 0.1) is 31.0 Å². The van der Waals surface area contributed by atoms with Gasteiger partial charge in [0.15, 0.2) is 0 Å². The molecule has 0 unspecified atom stereocenters. The molecule has 0 bridgehead atoms. The van der Waals surface area contributed by atoms with E-state index >= 15 is 0 Å². The summed E-state index contributed by atoms with van der Waals surface area (Å²) in [6, 6.07) is 7.69. The molecule has 4 heteroatoms. The van der Waals surface area contributed by atoms with Crippen LogP contribution in [-0.4, -0.2) is 20.2 Å². The molecule has 0 heterocycles. The van der Waals surface area contributed by atoms with E-state index in [2.05, 4.69) is 11.0 Å². The molecule has 4 nitrogen and oxygen atoms in total. The number of nitrogen functional groups attached to an aromatic ring is 1. The number of nitriles is 1. The van der Waals surface area contributed by atoms with Crippen molar-refractivity contribution in [3.63, 3.8) is 0 Å². The molecule has 0 spiro atoms. The number of rotatable bonds is 5. The van der Waals surface area contributed by atoms with E-state index in [0.29, 0.717) is 18.7 Å². The molecule has 1 aromatic rings. The third-order valence-corrected chi connectivity index (χ3v) is 2.45. The van der Waals surface area contributed by atoms with Crippen molar-refractivity contribution in [3.05, 3.63) is 18.2 Å². The van der Waals surface area contributed by atoms with Gasteiger partial charge >= 0.3 is 0 Å². The number of hydrogen-bond donors (Lipinski definition) is 1. The number of methoxy groups -OCH3 is 1. The molecule has 2 N–H and O–H groups in total. The van der Waals surface area contributed by atoms with Crippen molar-refractivity contribution in [2.75, 3.05) is 30.8 Å². The molecule has 0 radical (unpaired) electrons. The van der Waals surface area contributed by atoms with Crippen molar-refractivity contribution in [2.45, 2.75) is 13.3 Å². The molecule has 86 valence electrons. The third kappa shape index (κ3) is 2.80. The van der Waals surface area contributed by atoms with Crippen molar-refractivity contribution in [1.29, 1.82) is 5.26 Å². The molecule has 1 rings (SSSR count). The van der Waals surface area contributed by atoms with Crippen LogP contribution in [-0.2, 0) is 0 Å². The average Bonchev–Trinajstić information content (AvgIpc) is 2.32. The van der Waals surface area contributed by atoms with Crippen LogP contribution in [0.3, 0.4) is 0 Å². The lowest BCUT2D eigenvalue weighted by atomic mass is 10.2. The third-order valence-electron chi connectivity index (χ3n) is 2.45. The summed E-state index contributed by atoms with van der Waals surface area (Å²) in [4.78, 5) is 2.07. The van der Waals surface area contributed by atoms with E-state index in [1.54, 1.807) is 7.11 Å². The van der Waals surface area contributed by atoms with E-state index in [4.69, 9.17) is 15.7 Å². The first-order valence-corrected chi connectivity index (χ1v) is 5.28. The number of hydrogen-bond acceptors (Lipinski definition) is 4. The smallest absolute Gasteiger partial charge is 0.121 e. The van der Waals surface area contributed by atoms with Crippen LogP contribution in [0.2, 0.25) is 0 Å². The normalized spacial score (nSPS) is 9.56. The SMILES string of the molecule is CCN(CCC#N)c1cc(OC)ccc1N.